The number of aromatic nitrogens is 1. The van der Waals surface area contributed by atoms with Crippen molar-refractivity contribution in [2.75, 3.05) is 0 Å². The molecule has 6 aromatic carbocycles. The Bertz CT molecular complexity index is 2700. The fraction of sp³-hybridized carbons (Fsp3) is 0.0476. The molecular weight excluding hydrogens is 592 g/mol. The van der Waals surface area contributed by atoms with Gasteiger partial charge in [-0.15, -0.1) is 0 Å². The van der Waals surface area contributed by atoms with Crippen molar-refractivity contribution in [3.05, 3.63) is 163 Å². The summed E-state index contributed by atoms with van der Waals surface area (Å²) in [5, 5.41) is 14.3. The minimum Gasteiger partial charge on any atom is -0.456 e. The molecule has 9 aromatic rings. The van der Waals surface area contributed by atoms with Crippen LogP contribution in [0.4, 0.5) is 0 Å². The van der Waals surface area contributed by atoms with Crippen LogP contribution in [0.2, 0.25) is 0 Å². The summed E-state index contributed by atoms with van der Waals surface area (Å²) in [5.41, 5.74) is 8.77. The zero-order valence-corrected chi connectivity index (χ0v) is 25.7. The Labute approximate surface area is 275 Å². The van der Waals surface area contributed by atoms with Crippen molar-refractivity contribution < 1.29 is 8.83 Å². The molecule has 6 nitrogen and oxygen atoms in total. The smallest absolute Gasteiger partial charge is 0.153 e. The Morgan fingerprint density at radius 1 is 0.562 bits per heavy atom. The molecule has 2 unspecified atom stereocenters. The molecule has 0 saturated carbocycles. The third-order valence-corrected chi connectivity index (χ3v) is 9.47. The molecule has 0 bridgehead atoms. The van der Waals surface area contributed by atoms with E-state index >= 15 is 0 Å². The quantitative estimate of drug-likeness (QED) is 0.205. The first kappa shape index (κ1) is 26.9. The first-order valence-electron chi connectivity index (χ1n) is 16.1. The van der Waals surface area contributed by atoms with Crippen molar-refractivity contribution in [3.8, 4) is 11.1 Å². The van der Waals surface area contributed by atoms with Crippen molar-refractivity contribution in [2.45, 2.75) is 12.3 Å². The minimum absolute atomic E-state index is 0.262. The lowest BCUT2D eigenvalue weighted by atomic mass is 9.98. The highest BCUT2D eigenvalue weighted by Gasteiger charge is 2.29. The Hall–Kier alpha value is -6.24. The lowest BCUT2D eigenvalue weighted by molar-refractivity contribution is 0.411. The standard InChI is InChI=1S/C42H28N4O2/c1-2-8-28-23-29(20-17-25(28)7-1)26-15-18-27(19-16-26)40-44-41(32-10-5-13-35-38(32)30-9-3-4-12-34(30)47-35)46-42(45-40)33-11-6-14-36-39(33)31-21-22-43-24-37(31)48-36/h1-24,40-41,44H,(H,45,46). The predicted octanol–water partition coefficient (Wildman–Crippen LogP) is 10.0. The molecule has 1 aliphatic rings. The SMILES string of the molecule is c1ccc2cc(-c3ccc(C4N=C(c5cccc6oc7cnccc7c56)NC(c5cccc6oc7ccccc7c56)N4)cc3)ccc2c1. The van der Waals surface area contributed by atoms with E-state index in [1.54, 1.807) is 12.4 Å². The molecular formula is C42H28N4O2. The second kappa shape index (κ2) is 10.7. The zero-order chi connectivity index (χ0) is 31.6. The summed E-state index contributed by atoms with van der Waals surface area (Å²) in [6.07, 6.45) is 2.99. The van der Waals surface area contributed by atoms with Crippen molar-refractivity contribution in [1.29, 1.82) is 0 Å². The average Bonchev–Trinajstić information content (AvgIpc) is 3.73. The molecule has 228 valence electrons. The molecule has 2 N–H and O–H groups in total. The highest BCUT2D eigenvalue weighted by atomic mass is 16.3. The first-order valence-corrected chi connectivity index (χ1v) is 16.1. The molecule has 2 atom stereocenters. The number of benzene rings is 6. The highest BCUT2D eigenvalue weighted by Crippen LogP contribution is 2.37. The summed E-state index contributed by atoms with van der Waals surface area (Å²) in [7, 11) is 0. The van der Waals surface area contributed by atoms with Crippen LogP contribution in [0.15, 0.2) is 160 Å². The van der Waals surface area contributed by atoms with Gasteiger partial charge in [0.25, 0.3) is 0 Å². The number of para-hydroxylation sites is 1. The van der Waals surface area contributed by atoms with Crippen molar-refractivity contribution >= 4 is 60.5 Å². The molecule has 0 fully saturated rings. The average molecular weight is 621 g/mol. The molecule has 4 heterocycles. The van der Waals surface area contributed by atoms with Gasteiger partial charge in [0.2, 0.25) is 0 Å². The monoisotopic (exact) mass is 620 g/mol. The Kier molecular flexibility index (Phi) is 5.98. The van der Waals surface area contributed by atoms with Gasteiger partial charge in [-0.05, 0) is 57.8 Å². The third kappa shape index (κ3) is 4.31. The molecule has 0 spiro atoms. The summed E-state index contributed by atoms with van der Waals surface area (Å²) in [5.74, 6) is 0.789. The molecule has 6 heteroatoms. The lowest BCUT2D eigenvalue weighted by Crippen LogP contribution is -2.45. The Morgan fingerprint density at radius 2 is 1.29 bits per heavy atom. The van der Waals surface area contributed by atoms with Gasteiger partial charge < -0.3 is 14.2 Å². The number of nitrogens with zero attached hydrogens (tertiary/aromatic N) is 2. The molecule has 0 saturated heterocycles. The topological polar surface area (TPSA) is 75.6 Å². The third-order valence-electron chi connectivity index (χ3n) is 9.47. The second-order valence-corrected chi connectivity index (χ2v) is 12.3. The van der Waals surface area contributed by atoms with Crippen LogP contribution in [0.1, 0.15) is 29.0 Å². The van der Waals surface area contributed by atoms with Crippen LogP contribution < -0.4 is 10.6 Å². The van der Waals surface area contributed by atoms with E-state index in [-0.39, 0.29) is 12.3 Å². The van der Waals surface area contributed by atoms with E-state index in [1.807, 2.05) is 36.4 Å². The molecule has 3 aromatic heterocycles. The maximum atomic E-state index is 6.28. The number of nitrogens with one attached hydrogen (secondary N) is 2. The Balaban J connectivity index is 1.11. The maximum Gasteiger partial charge on any atom is 0.153 e. The molecule has 10 rings (SSSR count). The predicted molar refractivity (Wildman–Crippen MR) is 193 cm³/mol. The molecule has 0 radical (unpaired) electrons. The summed E-state index contributed by atoms with van der Waals surface area (Å²) >= 11 is 0. The number of rotatable bonds is 4. The van der Waals surface area contributed by atoms with Gasteiger partial charge >= 0.3 is 0 Å². The maximum absolute atomic E-state index is 6.28. The highest BCUT2D eigenvalue weighted by molar-refractivity contribution is 6.18. The summed E-state index contributed by atoms with van der Waals surface area (Å²) in [6, 6.07) is 46.4. The van der Waals surface area contributed by atoms with Crippen molar-refractivity contribution in [3.63, 3.8) is 0 Å². The van der Waals surface area contributed by atoms with Crippen molar-refractivity contribution in [2.24, 2.45) is 4.99 Å². The number of amidine groups is 1. The fourth-order valence-electron chi connectivity index (χ4n) is 7.17. The number of aliphatic imine (C=N–C) groups is 1. The zero-order valence-electron chi connectivity index (χ0n) is 25.7. The minimum atomic E-state index is -0.319. The lowest BCUT2D eigenvalue weighted by Gasteiger charge is -2.32. The van der Waals surface area contributed by atoms with Crippen LogP contribution in [0.5, 0.6) is 0 Å². The van der Waals surface area contributed by atoms with Gasteiger partial charge in [0.1, 0.15) is 34.9 Å². The van der Waals surface area contributed by atoms with Gasteiger partial charge in [-0.3, -0.25) is 10.3 Å². The molecule has 48 heavy (non-hydrogen) atoms. The van der Waals surface area contributed by atoms with E-state index in [2.05, 4.69) is 113 Å². The van der Waals surface area contributed by atoms with E-state index in [4.69, 9.17) is 13.8 Å². The van der Waals surface area contributed by atoms with Gasteiger partial charge in [0, 0.05) is 38.9 Å². The van der Waals surface area contributed by atoms with E-state index in [0.29, 0.717) is 0 Å². The largest absolute Gasteiger partial charge is 0.456 e. The summed E-state index contributed by atoms with van der Waals surface area (Å²) in [6.45, 7) is 0. The van der Waals surface area contributed by atoms with Gasteiger partial charge in [-0.1, -0.05) is 103 Å². The number of hydrogen-bond acceptors (Lipinski definition) is 6. The van der Waals surface area contributed by atoms with Crippen molar-refractivity contribution in [1.82, 2.24) is 15.6 Å². The normalized spacial score (nSPS) is 16.5. The van der Waals surface area contributed by atoms with Crippen LogP contribution in [-0.2, 0) is 0 Å². The number of fused-ring (bicyclic) bond motifs is 7. The molecule has 0 aliphatic carbocycles. The van der Waals surface area contributed by atoms with E-state index in [1.165, 1.54) is 16.3 Å². The number of pyridine rings is 1. The van der Waals surface area contributed by atoms with Gasteiger partial charge in [-0.2, -0.15) is 0 Å². The second-order valence-electron chi connectivity index (χ2n) is 12.3. The van der Waals surface area contributed by atoms with E-state index < -0.39 is 0 Å². The molecule has 1 aliphatic heterocycles. The summed E-state index contributed by atoms with van der Waals surface area (Å²) < 4.78 is 12.5. The van der Waals surface area contributed by atoms with Crippen LogP contribution in [-0.4, -0.2) is 10.8 Å². The van der Waals surface area contributed by atoms with E-state index in [0.717, 1.165) is 72.0 Å². The van der Waals surface area contributed by atoms with Crippen LogP contribution in [0.25, 0.3) is 65.8 Å². The Morgan fingerprint density at radius 3 is 2.21 bits per heavy atom. The molecule has 0 amide bonds. The first-order chi connectivity index (χ1) is 23.8. The fourth-order valence-corrected chi connectivity index (χ4v) is 7.17. The van der Waals surface area contributed by atoms with Gasteiger partial charge in [0.05, 0.1) is 6.20 Å². The summed E-state index contributed by atoms with van der Waals surface area (Å²) in [4.78, 5) is 9.61. The van der Waals surface area contributed by atoms with Gasteiger partial charge in [0.15, 0.2) is 5.58 Å². The van der Waals surface area contributed by atoms with E-state index in [9.17, 15) is 0 Å². The van der Waals surface area contributed by atoms with Crippen LogP contribution >= 0.6 is 0 Å². The van der Waals surface area contributed by atoms with Crippen LogP contribution in [0, 0.1) is 0 Å². The van der Waals surface area contributed by atoms with Gasteiger partial charge in [-0.25, -0.2) is 4.99 Å². The van der Waals surface area contributed by atoms with Crippen LogP contribution in [0.3, 0.4) is 0 Å². The number of furan rings is 2. The number of hydrogen-bond donors (Lipinski definition) is 2.